The number of ether oxygens (including phenoxy) is 2. The molecule has 0 fully saturated rings. The van der Waals surface area contributed by atoms with E-state index in [0.717, 1.165) is 42.0 Å². The van der Waals surface area contributed by atoms with Crippen LogP contribution in [0.2, 0.25) is 51.9 Å². The normalized spacial score (nSPS) is 15.7. The molecule has 3 unspecified atom stereocenters. The molecule has 59 heavy (non-hydrogen) atoms. The minimum atomic E-state index is -2.54. The summed E-state index contributed by atoms with van der Waals surface area (Å²) in [6.45, 7) is 24.1. The average molecular weight is 851 g/mol. The maximum absolute atomic E-state index is 15.1. The minimum absolute atomic E-state index is 0.198. The largest absolute Gasteiger partial charge is 0.469 e. The molecule has 6 nitrogen and oxygen atoms in total. The molecule has 0 heterocycles. The lowest BCUT2D eigenvalue weighted by molar-refractivity contribution is -0.159. The first kappa shape index (κ1) is 46.5. The molecule has 4 aromatic carbocycles. The topological polar surface area (TPSA) is 71.1 Å². The third-order valence-corrected chi connectivity index (χ3v) is 21.7. The van der Waals surface area contributed by atoms with Crippen LogP contribution < -0.4 is 0 Å². The fourth-order valence-corrected chi connectivity index (χ4v) is 22.3. The van der Waals surface area contributed by atoms with E-state index in [9.17, 15) is 4.79 Å². The van der Waals surface area contributed by atoms with E-state index in [1.165, 1.54) is 29.4 Å². The number of carbonyl (C=O) groups is 2. The van der Waals surface area contributed by atoms with Gasteiger partial charge < -0.3 is 17.7 Å². The smallest absolute Gasteiger partial charge is 0.316 e. The van der Waals surface area contributed by atoms with Crippen molar-refractivity contribution >= 4 is 37.1 Å². The molecule has 0 spiro atoms. The van der Waals surface area contributed by atoms with Crippen molar-refractivity contribution in [2.24, 2.45) is 11.3 Å². The molecular formula is C50H70O6Si3. The third kappa shape index (κ3) is 11.2. The fourth-order valence-electron chi connectivity index (χ4n) is 9.75. The van der Waals surface area contributed by atoms with Crippen LogP contribution in [0.1, 0.15) is 87.6 Å². The Morgan fingerprint density at radius 3 is 1.76 bits per heavy atom. The second kappa shape index (κ2) is 18.6. The van der Waals surface area contributed by atoms with E-state index in [-0.39, 0.29) is 25.0 Å². The first-order valence-corrected chi connectivity index (χ1v) is 31.0. The Balaban J connectivity index is 1.58. The van der Waals surface area contributed by atoms with Crippen molar-refractivity contribution < 1.29 is 27.3 Å². The molecule has 0 saturated carbocycles. The number of rotatable bonds is 20. The zero-order chi connectivity index (χ0) is 43.3. The van der Waals surface area contributed by atoms with Gasteiger partial charge in [-0.15, -0.1) is 0 Å². The van der Waals surface area contributed by atoms with Gasteiger partial charge in [-0.1, -0.05) is 123 Å². The van der Waals surface area contributed by atoms with Crippen LogP contribution in [0.5, 0.6) is 0 Å². The van der Waals surface area contributed by atoms with Crippen LogP contribution in [0.25, 0.3) is 11.1 Å². The molecule has 4 aromatic rings. The van der Waals surface area contributed by atoms with Crippen LogP contribution in [0.3, 0.4) is 0 Å². The Hall–Kier alpha value is -3.61. The molecule has 318 valence electrons. The lowest BCUT2D eigenvalue weighted by Crippen LogP contribution is -2.52. The number of esters is 2. The summed E-state index contributed by atoms with van der Waals surface area (Å²) in [4.78, 5) is 29.7. The van der Waals surface area contributed by atoms with Gasteiger partial charge in [-0.3, -0.25) is 9.59 Å². The van der Waals surface area contributed by atoms with Gasteiger partial charge in [0.1, 0.15) is 0 Å². The van der Waals surface area contributed by atoms with E-state index in [1.807, 2.05) is 26.0 Å². The quantitative estimate of drug-likeness (QED) is 0.0441. The van der Waals surface area contributed by atoms with Crippen LogP contribution in [-0.4, -0.2) is 50.9 Å². The zero-order valence-electron chi connectivity index (χ0n) is 38.0. The van der Waals surface area contributed by atoms with Gasteiger partial charge in [-0.2, -0.15) is 0 Å². The van der Waals surface area contributed by atoms with E-state index in [2.05, 4.69) is 151 Å². The summed E-state index contributed by atoms with van der Waals surface area (Å²) in [7, 11) is -4.86. The Labute approximate surface area is 358 Å². The van der Waals surface area contributed by atoms with Crippen LogP contribution >= 0.6 is 0 Å². The molecule has 1 aliphatic carbocycles. The number of hydrogen-bond donors (Lipinski definition) is 0. The molecule has 3 atom stereocenters. The number of hydrogen-bond acceptors (Lipinski definition) is 6. The predicted octanol–water partition coefficient (Wildman–Crippen LogP) is 12.6. The summed E-state index contributed by atoms with van der Waals surface area (Å²) < 4.78 is 25.7. The molecular weight excluding hydrogens is 781 g/mol. The standard InChI is InChI=1S/C50H70O6Si3/c1-13-38(2)35-50(41-24-16-14-17-25-41,42-26-18-15-19-27-42)37-48(3,46(51)53-5)36-49(4,43-29-30-45-40(34-43)33-39-23-20-21-28-44(39)45)47(52)54-31-22-32-59(12,55-57(6,7)8)56-58(9,10)11/h14-21,23-30,34,38H,13,22,31-33,35-37H2,1-12H3. The predicted molar refractivity (Wildman–Crippen MR) is 250 cm³/mol. The van der Waals surface area contributed by atoms with Crippen molar-refractivity contribution in [3.63, 3.8) is 0 Å². The summed E-state index contributed by atoms with van der Waals surface area (Å²) in [5, 5.41) is 0. The first-order valence-electron chi connectivity index (χ1n) is 21.6. The van der Waals surface area contributed by atoms with Crippen molar-refractivity contribution in [2.75, 3.05) is 13.7 Å². The molecule has 0 radical (unpaired) electrons. The Bertz CT molecular complexity index is 1980. The molecule has 0 aromatic heterocycles. The van der Waals surface area contributed by atoms with Gasteiger partial charge in [0, 0.05) is 5.41 Å². The van der Waals surface area contributed by atoms with Crippen molar-refractivity contribution in [2.45, 2.75) is 129 Å². The molecule has 0 saturated heterocycles. The lowest BCUT2D eigenvalue weighted by Gasteiger charge is -2.45. The van der Waals surface area contributed by atoms with E-state index in [0.29, 0.717) is 18.8 Å². The number of fused-ring (bicyclic) bond motifs is 3. The van der Waals surface area contributed by atoms with Gasteiger partial charge in [0.2, 0.25) is 0 Å². The highest BCUT2D eigenvalue weighted by Gasteiger charge is 2.52. The second-order valence-corrected chi connectivity index (χ2v) is 32.6. The van der Waals surface area contributed by atoms with E-state index in [1.54, 1.807) is 0 Å². The van der Waals surface area contributed by atoms with E-state index in [4.69, 9.17) is 17.7 Å². The second-order valence-electron chi connectivity index (χ2n) is 19.8. The zero-order valence-corrected chi connectivity index (χ0v) is 41.0. The van der Waals surface area contributed by atoms with Gasteiger partial charge in [0.05, 0.1) is 24.5 Å². The van der Waals surface area contributed by atoms with Crippen LogP contribution in [0, 0.1) is 11.3 Å². The highest BCUT2D eigenvalue weighted by molar-refractivity contribution is 6.87. The summed E-state index contributed by atoms with van der Waals surface area (Å²) in [6.07, 6.45) is 3.87. The van der Waals surface area contributed by atoms with Gasteiger partial charge in [-0.05, 0) is 143 Å². The van der Waals surface area contributed by atoms with Crippen LogP contribution in [0.15, 0.2) is 103 Å². The van der Waals surface area contributed by atoms with Gasteiger partial charge in [-0.25, -0.2) is 0 Å². The minimum Gasteiger partial charge on any atom is -0.469 e. The highest BCUT2D eigenvalue weighted by Crippen LogP contribution is 2.52. The molecule has 9 heteroatoms. The molecule has 0 bridgehead atoms. The van der Waals surface area contributed by atoms with Gasteiger partial charge >= 0.3 is 20.5 Å². The van der Waals surface area contributed by atoms with Crippen molar-refractivity contribution in [1.82, 2.24) is 0 Å². The first-order chi connectivity index (χ1) is 27.7. The molecule has 1 aliphatic rings. The monoisotopic (exact) mass is 850 g/mol. The number of benzene rings is 4. The maximum atomic E-state index is 15.1. The average Bonchev–Trinajstić information content (AvgIpc) is 3.56. The third-order valence-electron chi connectivity index (χ3n) is 12.1. The Kier molecular flexibility index (Phi) is 14.6. The lowest BCUT2D eigenvalue weighted by atomic mass is 9.57. The van der Waals surface area contributed by atoms with E-state index >= 15 is 4.79 Å². The highest BCUT2D eigenvalue weighted by atomic mass is 28.5. The summed E-state index contributed by atoms with van der Waals surface area (Å²) in [5.41, 5.74) is 5.17. The van der Waals surface area contributed by atoms with Crippen LogP contribution in [-0.2, 0) is 44.5 Å². The maximum Gasteiger partial charge on any atom is 0.316 e. The summed E-state index contributed by atoms with van der Waals surface area (Å²) in [5.74, 6) is -0.314. The van der Waals surface area contributed by atoms with E-state index < -0.39 is 41.4 Å². The molecule has 0 N–H and O–H groups in total. The Morgan fingerprint density at radius 1 is 0.678 bits per heavy atom. The SMILES string of the molecule is CCC(C)CC(CC(C)(CC(C)(C(=O)OCCC[Si](C)(O[Si](C)(C)C)O[Si](C)(C)C)c1ccc2c(c1)Cc1ccccc1-2)C(=O)OC)(c1ccccc1)c1ccccc1. The number of methoxy groups -OCH3 is 1. The van der Waals surface area contributed by atoms with Crippen molar-refractivity contribution in [1.29, 1.82) is 0 Å². The summed E-state index contributed by atoms with van der Waals surface area (Å²) in [6, 6.07) is 36.8. The molecule has 0 amide bonds. The van der Waals surface area contributed by atoms with Gasteiger partial charge in [0.25, 0.3) is 0 Å². The Morgan fingerprint density at radius 2 is 1.22 bits per heavy atom. The fraction of sp³-hybridized carbons (Fsp3) is 0.480. The summed E-state index contributed by atoms with van der Waals surface area (Å²) >= 11 is 0. The van der Waals surface area contributed by atoms with Crippen LogP contribution in [0.4, 0.5) is 0 Å². The van der Waals surface area contributed by atoms with Crippen molar-refractivity contribution in [3.05, 3.63) is 131 Å². The number of carbonyl (C=O) groups excluding carboxylic acids is 2. The molecule has 0 aliphatic heterocycles. The van der Waals surface area contributed by atoms with Crippen molar-refractivity contribution in [3.8, 4) is 11.1 Å². The molecule has 5 rings (SSSR count). The van der Waals surface area contributed by atoms with Gasteiger partial charge in [0.15, 0.2) is 16.6 Å².